The number of nitrogens with zero attached hydrogens (tertiary/aromatic N) is 2. The zero-order chi connectivity index (χ0) is 8.27. The van der Waals surface area contributed by atoms with Gasteiger partial charge in [-0.05, 0) is 12.3 Å². The van der Waals surface area contributed by atoms with Gasteiger partial charge in [0.05, 0.1) is 6.04 Å². The fourth-order valence-electron chi connectivity index (χ4n) is 1.58. The van der Waals surface area contributed by atoms with Gasteiger partial charge in [0.2, 0.25) is 0 Å². The SMILES string of the molecule is CCC1C[C@@H](CF)N(C#N)C1. The Hall–Kier alpha value is -0.780. The van der Waals surface area contributed by atoms with Gasteiger partial charge < -0.3 is 4.90 Å². The standard InChI is InChI=1S/C8H13FN2/c1-2-7-3-8(4-9)11(5-7)6-10/h7-8H,2-5H2,1H3/t7?,8-/m0/s1. The molecule has 1 fully saturated rings. The van der Waals surface area contributed by atoms with Crippen LogP contribution in [0.3, 0.4) is 0 Å². The van der Waals surface area contributed by atoms with Crippen LogP contribution in [0, 0.1) is 17.4 Å². The Bertz CT molecular complexity index is 164. The van der Waals surface area contributed by atoms with Gasteiger partial charge in [0.25, 0.3) is 0 Å². The third kappa shape index (κ3) is 1.62. The number of halogens is 1. The molecule has 0 radical (unpaired) electrons. The molecule has 2 nitrogen and oxygen atoms in total. The zero-order valence-corrected chi connectivity index (χ0v) is 6.76. The summed E-state index contributed by atoms with van der Waals surface area (Å²) in [4.78, 5) is 1.56. The van der Waals surface area contributed by atoms with Crippen molar-refractivity contribution in [1.82, 2.24) is 4.90 Å². The van der Waals surface area contributed by atoms with E-state index in [4.69, 9.17) is 5.26 Å². The van der Waals surface area contributed by atoms with E-state index in [1.54, 1.807) is 4.90 Å². The minimum Gasteiger partial charge on any atom is -0.305 e. The summed E-state index contributed by atoms with van der Waals surface area (Å²) in [6.45, 7) is 2.45. The van der Waals surface area contributed by atoms with Gasteiger partial charge in [0, 0.05) is 6.54 Å². The van der Waals surface area contributed by atoms with E-state index in [2.05, 4.69) is 6.92 Å². The Morgan fingerprint density at radius 2 is 2.45 bits per heavy atom. The van der Waals surface area contributed by atoms with E-state index < -0.39 is 0 Å². The van der Waals surface area contributed by atoms with Gasteiger partial charge in [-0.1, -0.05) is 13.3 Å². The molecule has 1 aliphatic heterocycles. The van der Waals surface area contributed by atoms with E-state index in [0.29, 0.717) is 5.92 Å². The summed E-state index contributed by atoms with van der Waals surface area (Å²) >= 11 is 0. The normalized spacial score (nSPS) is 30.5. The van der Waals surface area contributed by atoms with E-state index in [-0.39, 0.29) is 12.7 Å². The first-order valence-electron chi connectivity index (χ1n) is 4.04. The van der Waals surface area contributed by atoms with Crippen LogP contribution in [0.4, 0.5) is 4.39 Å². The van der Waals surface area contributed by atoms with Gasteiger partial charge in [-0.25, -0.2) is 4.39 Å². The molecule has 0 aromatic carbocycles. The molecule has 1 rings (SSSR count). The lowest BCUT2D eigenvalue weighted by Gasteiger charge is -2.13. The Morgan fingerprint density at radius 3 is 2.82 bits per heavy atom. The molecular formula is C8H13FN2. The van der Waals surface area contributed by atoms with Crippen LogP contribution in [0.15, 0.2) is 0 Å². The van der Waals surface area contributed by atoms with Gasteiger partial charge in [0.15, 0.2) is 6.19 Å². The van der Waals surface area contributed by atoms with Crippen LogP contribution >= 0.6 is 0 Å². The molecule has 0 aromatic rings. The van der Waals surface area contributed by atoms with Gasteiger partial charge in [-0.3, -0.25) is 0 Å². The molecule has 0 spiro atoms. The minimum atomic E-state index is -0.385. The van der Waals surface area contributed by atoms with Crippen LogP contribution in [0.25, 0.3) is 0 Å². The van der Waals surface area contributed by atoms with Crippen molar-refractivity contribution in [3.63, 3.8) is 0 Å². The molecular weight excluding hydrogens is 143 g/mol. The average molecular weight is 156 g/mol. The molecule has 1 saturated heterocycles. The first-order valence-corrected chi connectivity index (χ1v) is 4.04. The van der Waals surface area contributed by atoms with Gasteiger partial charge in [-0.2, -0.15) is 5.26 Å². The van der Waals surface area contributed by atoms with E-state index in [1.165, 1.54) is 0 Å². The maximum absolute atomic E-state index is 12.3. The molecule has 0 amide bonds. The number of alkyl halides is 1. The Labute approximate surface area is 66.6 Å². The van der Waals surface area contributed by atoms with Crippen molar-refractivity contribution >= 4 is 0 Å². The second-order valence-corrected chi connectivity index (χ2v) is 3.07. The molecule has 1 unspecified atom stereocenters. The summed E-state index contributed by atoms with van der Waals surface area (Å²) in [7, 11) is 0. The lowest BCUT2D eigenvalue weighted by atomic mass is 10.0. The molecule has 62 valence electrons. The Kier molecular flexibility index (Phi) is 2.70. The van der Waals surface area contributed by atoms with Gasteiger partial charge >= 0.3 is 0 Å². The highest BCUT2D eigenvalue weighted by Gasteiger charge is 2.29. The Morgan fingerprint density at radius 1 is 1.73 bits per heavy atom. The maximum Gasteiger partial charge on any atom is 0.179 e. The predicted octanol–water partition coefficient (Wildman–Crippen LogP) is 1.54. The number of nitriles is 1. The summed E-state index contributed by atoms with van der Waals surface area (Å²) < 4.78 is 12.3. The van der Waals surface area contributed by atoms with E-state index >= 15 is 0 Å². The molecule has 0 saturated carbocycles. The minimum absolute atomic E-state index is 0.134. The summed E-state index contributed by atoms with van der Waals surface area (Å²) in [6.07, 6.45) is 3.92. The fourth-order valence-corrected chi connectivity index (χ4v) is 1.58. The number of rotatable bonds is 2. The summed E-state index contributed by atoms with van der Waals surface area (Å²) in [5.41, 5.74) is 0. The summed E-state index contributed by atoms with van der Waals surface area (Å²) in [5.74, 6) is 0.524. The summed E-state index contributed by atoms with van der Waals surface area (Å²) in [6, 6.07) is -0.134. The van der Waals surface area contributed by atoms with Crippen molar-refractivity contribution in [2.75, 3.05) is 13.2 Å². The third-order valence-electron chi connectivity index (χ3n) is 2.38. The van der Waals surface area contributed by atoms with Crippen LogP contribution in [0.2, 0.25) is 0 Å². The van der Waals surface area contributed by atoms with Crippen molar-refractivity contribution in [3.05, 3.63) is 0 Å². The molecule has 0 aromatic heterocycles. The molecule has 0 N–H and O–H groups in total. The van der Waals surface area contributed by atoms with Gasteiger partial charge in [-0.15, -0.1) is 0 Å². The van der Waals surface area contributed by atoms with E-state index in [9.17, 15) is 4.39 Å². The van der Waals surface area contributed by atoms with Crippen molar-refractivity contribution in [3.8, 4) is 6.19 Å². The smallest absolute Gasteiger partial charge is 0.179 e. The van der Waals surface area contributed by atoms with Crippen molar-refractivity contribution in [2.45, 2.75) is 25.8 Å². The number of hydrogen-bond donors (Lipinski definition) is 0. The zero-order valence-electron chi connectivity index (χ0n) is 6.76. The molecule has 1 heterocycles. The monoisotopic (exact) mass is 156 g/mol. The molecule has 0 bridgehead atoms. The quantitative estimate of drug-likeness (QED) is 0.567. The highest BCUT2D eigenvalue weighted by molar-refractivity contribution is 4.91. The third-order valence-corrected chi connectivity index (χ3v) is 2.38. The second-order valence-electron chi connectivity index (χ2n) is 3.07. The van der Waals surface area contributed by atoms with Crippen LogP contribution in [0.5, 0.6) is 0 Å². The predicted molar refractivity (Wildman–Crippen MR) is 40.5 cm³/mol. The first-order chi connectivity index (χ1) is 5.31. The Balaban J connectivity index is 2.49. The highest BCUT2D eigenvalue weighted by atomic mass is 19.1. The number of hydrogen-bond acceptors (Lipinski definition) is 2. The van der Waals surface area contributed by atoms with Crippen molar-refractivity contribution < 1.29 is 4.39 Å². The van der Waals surface area contributed by atoms with Crippen molar-refractivity contribution in [1.29, 1.82) is 5.26 Å². The van der Waals surface area contributed by atoms with Crippen LogP contribution in [0.1, 0.15) is 19.8 Å². The largest absolute Gasteiger partial charge is 0.305 e. The highest BCUT2D eigenvalue weighted by Crippen LogP contribution is 2.24. The maximum atomic E-state index is 12.3. The van der Waals surface area contributed by atoms with E-state index in [0.717, 1.165) is 19.4 Å². The first kappa shape index (κ1) is 8.32. The fraction of sp³-hybridized carbons (Fsp3) is 0.875. The topological polar surface area (TPSA) is 27.0 Å². The molecule has 11 heavy (non-hydrogen) atoms. The van der Waals surface area contributed by atoms with Crippen LogP contribution in [-0.2, 0) is 0 Å². The lowest BCUT2D eigenvalue weighted by Crippen LogP contribution is -2.25. The average Bonchev–Trinajstić information content (AvgIpc) is 2.46. The summed E-state index contributed by atoms with van der Waals surface area (Å²) in [5, 5.41) is 8.59. The molecule has 3 heteroatoms. The lowest BCUT2D eigenvalue weighted by molar-refractivity contribution is 0.291. The van der Waals surface area contributed by atoms with Crippen molar-refractivity contribution in [2.24, 2.45) is 5.92 Å². The van der Waals surface area contributed by atoms with E-state index in [1.807, 2.05) is 6.19 Å². The van der Waals surface area contributed by atoms with Crippen LogP contribution < -0.4 is 0 Å². The number of likely N-dealkylation sites (tertiary alicyclic amines) is 1. The molecule has 1 aliphatic rings. The molecule has 0 aliphatic carbocycles. The second kappa shape index (κ2) is 3.56. The van der Waals surface area contributed by atoms with Crippen LogP contribution in [-0.4, -0.2) is 24.2 Å². The molecule has 2 atom stereocenters. The van der Waals surface area contributed by atoms with Gasteiger partial charge in [0.1, 0.15) is 6.67 Å².